The lowest BCUT2D eigenvalue weighted by Crippen LogP contribution is -2.02. The number of para-hydroxylation sites is 1. The summed E-state index contributed by atoms with van der Waals surface area (Å²) in [6, 6.07) is 23.5. The van der Waals surface area contributed by atoms with E-state index < -0.39 is 0 Å². The number of methoxy groups -OCH3 is 1. The van der Waals surface area contributed by atoms with Gasteiger partial charge in [0.15, 0.2) is 0 Å². The topological polar surface area (TPSA) is 85.1 Å². The van der Waals surface area contributed by atoms with Crippen molar-refractivity contribution >= 4 is 34.0 Å². The molecule has 0 bridgehead atoms. The fourth-order valence-electron chi connectivity index (χ4n) is 2.89. The number of hydrogen-bond donors (Lipinski definition) is 3. The van der Waals surface area contributed by atoms with Crippen LogP contribution in [0.4, 0.5) is 23.1 Å². The zero-order valence-corrected chi connectivity index (χ0v) is 15.5. The molecular weight excluding hydrogens is 350 g/mol. The number of benzene rings is 3. The van der Waals surface area contributed by atoms with Crippen LogP contribution in [0.15, 0.2) is 72.8 Å². The molecule has 4 rings (SSSR count). The van der Waals surface area contributed by atoms with Gasteiger partial charge in [-0.05, 0) is 54.1 Å². The van der Waals surface area contributed by atoms with Gasteiger partial charge in [0.05, 0.1) is 12.6 Å². The molecule has 0 aliphatic heterocycles. The minimum atomic E-state index is 0.517. The molecule has 0 amide bonds. The molecular formula is C22H21N5O. The lowest BCUT2D eigenvalue weighted by atomic mass is 10.2. The predicted octanol–water partition coefficient (Wildman–Crippen LogP) is 4.58. The maximum atomic E-state index is 5.66. The number of nitrogens with one attached hydrogen (secondary N) is 2. The van der Waals surface area contributed by atoms with E-state index in [0.29, 0.717) is 12.5 Å². The second kappa shape index (κ2) is 7.94. The molecule has 6 nitrogen and oxygen atoms in total. The molecule has 1 heterocycles. The van der Waals surface area contributed by atoms with Crippen molar-refractivity contribution in [3.63, 3.8) is 0 Å². The summed E-state index contributed by atoms with van der Waals surface area (Å²) in [5.41, 5.74) is 9.42. The van der Waals surface area contributed by atoms with Gasteiger partial charge in [0, 0.05) is 23.3 Å². The van der Waals surface area contributed by atoms with Gasteiger partial charge in [0.1, 0.15) is 11.6 Å². The fourth-order valence-corrected chi connectivity index (χ4v) is 2.89. The van der Waals surface area contributed by atoms with Crippen LogP contribution >= 0.6 is 0 Å². The van der Waals surface area contributed by atoms with Gasteiger partial charge in [-0.15, -0.1) is 0 Å². The minimum absolute atomic E-state index is 0.517. The van der Waals surface area contributed by atoms with Crippen molar-refractivity contribution < 1.29 is 4.74 Å². The number of nitrogens with zero attached hydrogens (tertiary/aromatic N) is 2. The van der Waals surface area contributed by atoms with E-state index in [9.17, 15) is 0 Å². The van der Waals surface area contributed by atoms with Crippen molar-refractivity contribution in [3.05, 3.63) is 78.4 Å². The fraction of sp³-hybridized carbons (Fsp3) is 0.0909. The van der Waals surface area contributed by atoms with Gasteiger partial charge in [-0.1, -0.05) is 24.3 Å². The molecule has 140 valence electrons. The van der Waals surface area contributed by atoms with Gasteiger partial charge < -0.3 is 21.1 Å². The Labute approximate surface area is 163 Å². The third-order valence-corrected chi connectivity index (χ3v) is 4.40. The number of rotatable bonds is 6. The van der Waals surface area contributed by atoms with Crippen molar-refractivity contribution in [2.75, 3.05) is 17.7 Å². The van der Waals surface area contributed by atoms with E-state index in [2.05, 4.69) is 20.6 Å². The third-order valence-electron chi connectivity index (χ3n) is 4.40. The SMILES string of the molecule is COc1ccc(Nc2nc(Nc3ccc(CN)cc3)nc3ccccc23)cc1. The van der Waals surface area contributed by atoms with E-state index in [1.165, 1.54) is 0 Å². The molecule has 4 N–H and O–H groups in total. The lowest BCUT2D eigenvalue weighted by molar-refractivity contribution is 0.415. The van der Waals surface area contributed by atoms with Crippen LogP contribution in [-0.2, 0) is 6.54 Å². The number of nitrogens with two attached hydrogens (primary N) is 1. The third kappa shape index (κ3) is 3.87. The Morgan fingerprint density at radius 3 is 2.21 bits per heavy atom. The highest BCUT2D eigenvalue weighted by atomic mass is 16.5. The molecule has 0 fully saturated rings. The lowest BCUT2D eigenvalue weighted by Gasteiger charge is -2.12. The first-order valence-electron chi connectivity index (χ1n) is 8.99. The summed E-state index contributed by atoms with van der Waals surface area (Å²) in [7, 11) is 1.65. The molecule has 0 saturated heterocycles. The number of ether oxygens (including phenoxy) is 1. The Hall–Kier alpha value is -3.64. The summed E-state index contributed by atoms with van der Waals surface area (Å²) in [4.78, 5) is 9.32. The smallest absolute Gasteiger partial charge is 0.229 e. The molecule has 0 spiro atoms. The molecule has 1 aromatic heterocycles. The molecule has 0 aliphatic carbocycles. The largest absolute Gasteiger partial charge is 0.497 e. The Kier molecular flexibility index (Phi) is 5.03. The molecule has 0 aliphatic rings. The van der Waals surface area contributed by atoms with Gasteiger partial charge in [-0.3, -0.25) is 0 Å². The zero-order valence-electron chi connectivity index (χ0n) is 15.5. The van der Waals surface area contributed by atoms with E-state index in [0.717, 1.165) is 39.4 Å². The summed E-state index contributed by atoms with van der Waals surface area (Å²) < 4.78 is 5.22. The average Bonchev–Trinajstić information content (AvgIpc) is 2.75. The molecule has 0 atom stereocenters. The van der Waals surface area contributed by atoms with E-state index in [1.807, 2.05) is 72.8 Å². The van der Waals surface area contributed by atoms with Gasteiger partial charge >= 0.3 is 0 Å². The second-order valence-corrected chi connectivity index (χ2v) is 6.29. The van der Waals surface area contributed by atoms with Crippen LogP contribution in [0, 0.1) is 0 Å². The standard InChI is InChI=1S/C22H21N5O/c1-28-18-12-10-16(11-13-18)24-21-19-4-2-3-5-20(19)26-22(27-21)25-17-8-6-15(14-23)7-9-17/h2-13H,14,23H2,1H3,(H2,24,25,26,27). The minimum Gasteiger partial charge on any atom is -0.497 e. The quantitative estimate of drug-likeness (QED) is 0.460. The molecule has 0 saturated carbocycles. The number of anilines is 4. The van der Waals surface area contributed by atoms with E-state index in [4.69, 9.17) is 10.5 Å². The van der Waals surface area contributed by atoms with E-state index in [-0.39, 0.29) is 0 Å². The Bertz CT molecular complexity index is 1080. The molecule has 3 aromatic carbocycles. The van der Waals surface area contributed by atoms with Crippen molar-refractivity contribution in [1.29, 1.82) is 0 Å². The maximum absolute atomic E-state index is 5.66. The monoisotopic (exact) mass is 371 g/mol. The second-order valence-electron chi connectivity index (χ2n) is 6.29. The summed E-state index contributed by atoms with van der Waals surface area (Å²) in [6.45, 7) is 0.517. The van der Waals surface area contributed by atoms with Crippen LogP contribution in [-0.4, -0.2) is 17.1 Å². The highest BCUT2D eigenvalue weighted by Gasteiger charge is 2.08. The summed E-state index contributed by atoms with van der Waals surface area (Å²) in [5, 5.41) is 7.59. The van der Waals surface area contributed by atoms with E-state index >= 15 is 0 Å². The number of aromatic nitrogens is 2. The van der Waals surface area contributed by atoms with E-state index in [1.54, 1.807) is 7.11 Å². The van der Waals surface area contributed by atoms with Crippen LogP contribution in [0.2, 0.25) is 0 Å². The van der Waals surface area contributed by atoms with Crippen LogP contribution in [0.3, 0.4) is 0 Å². The zero-order chi connectivity index (χ0) is 19.3. The van der Waals surface area contributed by atoms with Crippen LogP contribution in [0.25, 0.3) is 10.9 Å². The number of fused-ring (bicyclic) bond motifs is 1. The first-order valence-corrected chi connectivity index (χ1v) is 8.99. The van der Waals surface area contributed by atoms with Crippen LogP contribution in [0.1, 0.15) is 5.56 Å². The molecule has 6 heteroatoms. The first-order chi connectivity index (χ1) is 13.7. The summed E-state index contributed by atoms with van der Waals surface area (Å²) >= 11 is 0. The Morgan fingerprint density at radius 2 is 1.50 bits per heavy atom. The van der Waals surface area contributed by atoms with Gasteiger partial charge in [-0.25, -0.2) is 4.98 Å². The highest BCUT2D eigenvalue weighted by molar-refractivity contribution is 5.92. The Balaban J connectivity index is 1.67. The summed E-state index contributed by atoms with van der Waals surface area (Å²) in [5.74, 6) is 2.06. The van der Waals surface area contributed by atoms with Crippen LogP contribution in [0.5, 0.6) is 5.75 Å². The average molecular weight is 371 g/mol. The van der Waals surface area contributed by atoms with Crippen molar-refractivity contribution in [2.24, 2.45) is 5.73 Å². The van der Waals surface area contributed by atoms with Gasteiger partial charge in [0.2, 0.25) is 5.95 Å². The highest BCUT2D eigenvalue weighted by Crippen LogP contribution is 2.27. The predicted molar refractivity (Wildman–Crippen MR) is 113 cm³/mol. The first kappa shape index (κ1) is 17.8. The van der Waals surface area contributed by atoms with Gasteiger partial charge in [-0.2, -0.15) is 4.98 Å². The summed E-state index contributed by atoms with van der Waals surface area (Å²) in [6.07, 6.45) is 0. The molecule has 28 heavy (non-hydrogen) atoms. The normalized spacial score (nSPS) is 10.6. The molecule has 0 radical (unpaired) electrons. The maximum Gasteiger partial charge on any atom is 0.229 e. The van der Waals surface area contributed by atoms with Crippen molar-refractivity contribution in [2.45, 2.75) is 6.54 Å². The van der Waals surface area contributed by atoms with Gasteiger partial charge in [0.25, 0.3) is 0 Å². The Morgan fingerprint density at radius 1 is 0.821 bits per heavy atom. The molecule has 4 aromatic rings. The number of hydrogen-bond acceptors (Lipinski definition) is 6. The molecule has 0 unspecified atom stereocenters. The van der Waals surface area contributed by atoms with Crippen molar-refractivity contribution in [1.82, 2.24) is 9.97 Å². The van der Waals surface area contributed by atoms with Crippen molar-refractivity contribution in [3.8, 4) is 5.75 Å². The van der Waals surface area contributed by atoms with Crippen LogP contribution < -0.4 is 21.1 Å².